The van der Waals surface area contributed by atoms with Crippen LogP contribution in [-0.2, 0) is 9.53 Å². The van der Waals surface area contributed by atoms with Crippen LogP contribution in [0.5, 0.6) is 17.2 Å². The summed E-state index contributed by atoms with van der Waals surface area (Å²) in [5.74, 6) is 0.546. The Morgan fingerprint density at radius 3 is 2.47 bits per heavy atom. The lowest BCUT2D eigenvalue weighted by molar-refractivity contribution is -0.274. The highest BCUT2D eigenvalue weighted by atomic mass is 19.4. The molecule has 0 spiro atoms. The number of aliphatic imine (C=N–C) groups is 1. The molecule has 1 aliphatic carbocycles. The normalized spacial score (nSPS) is 21.6. The first-order valence-corrected chi connectivity index (χ1v) is 11.1. The van der Waals surface area contributed by atoms with E-state index in [-0.39, 0.29) is 29.8 Å². The van der Waals surface area contributed by atoms with Crippen LogP contribution in [0.15, 0.2) is 41.4 Å². The van der Waals surface area contributed by atoms with Crippen molar-refractivity contribution in [1.82, 2.24) is 0 Å². The molecule has 4 rings (SSSR count). The molecule has 34 heavy (non-hydrogen) atoms. The maximum absolute atomic E-state index is 12.6. The van der Waals surface area contributed by atoms with Crippen LogP contribution in [0.3, 0.4) is 0 Å². The van der Waals surface area contributed by atoms with Crippen molar-refractivity contribution in [2.75, 3.05) is 13.7 Å². The number of methoxy groups -OCH3 is 1. The number of esters is 1. The van der Waals surface area contributed by atoms with Crippen molar-refractivity contribution in [2.24, 2.45) is 4.99 Å². The number of benzene rings is 2. The second kappa shape index (κ2) is 9.56. The van der Waals surface area contributed by atoms with Crippen LogP contribution in [0.2, 0.25) is 0 Å². The molecule has 3 unspecified atom stereocenters. The number of ether oxygens (including phenoxy) is 4. The van der Waals surface area contributed by atoms with Gasteiger partial charge in [-0.1, -0.05) is 0 Å². The number of carbonyl (C=O) groups excluding carboxylic acids is 1. The molecule has 9 heteroatoms. The largest absolute Gasteiger partial charge is 0.573 e. The molecule has 2 aromatic carbocycles. The molecule has 0 N–H and O–H groups in total. The van der Waals surface area contributed by atoms with E-state index < -0.39 is 6.36 Å². The summed E-state index contributed by atoms with van der Waals surface area (Å²) in [7, 11) is 1.55. The SMILES string of the molecule is CCOc1cc2c(cc1OC)C(c1ccc(OC(F)(F)F)cc1)=NC1CCC(OC(C)=O)CC21. The van der Waals surface area contributed by atoms with Gasteiger partial charge in [-0.2, -0.15) is 0 Å². The van der Waals surface area contributed by atoms with E-state index in [0.29, 0.717) is 42.2 Å². The van der Waals surface area contributed by atoms with Crippen molar-refractivity contribution in [3.05, 3.63) is 53.1 Å². The number of carbonyl (C=O) groups is 1. The van der Waals surface area contributed by atoms with E-state index in [2.05, 4.69) is 4.74 Å². The number of nitrogens with zero attached hydrogens (tertiary/aromatic N) is 1. The van der Waals surface area contributed by atoms with Crippen molar-refractivity contribution in [3.63, 3.8) is 0 Å². The highest BCUT2D eigenvalue weighted by molar-refractivity contribution is 6.15. The minimum atomic E-state index is -4.76. The summed E-state index contributed by atoms with van der Waals surface area (Å²) in [5, 5.41) is 0. The molecule has 0 saturated heterocycles. The van der Waals surface area contributed by atoms with Gasteiger partial charge in [0.15, 0.2) is 11.5 Å². The van der Waals surface area contributed by atoms with Crippen molar-refractivity contribution < 1.29 is 36.9 Å². The Bertz CT molecular complexity index is 1080. The van der Waals surface area contributed by atoms with E-state index in [0.717, 1.165) is 17.5 Å². The summed E-state index contributed by atoms with van der Waals surface area (Å²) in [6.45, 7) is 3.75. The van der Waals surface area contributed by atoms with Crippen molar-refractivity contribution in [1.29, 1.82) is 0 Å². The van der Waals surface area contributed by atoms with Crippen LogP contribution in [0.25, 0.3) is 0 Å². The average Bonchev–Trinajstić information content (AvgIpc) is 2.77. The molecule has 0 bridgehead atoms. The van der Waals surface area contributed by atoms with Crippen LogP contribution >= 0.6 is 0 Å². The fourth-order valence-corrected chi connectivity index (χ4v) is 4.74. The predicted octanol–water partition coefficient (Wildman–Crippen LogP) is 5.41. The zero-order valence-electron chi connectivity index (χ0n) is 19.1. The molecular formula is C25H26F3NO5. The number of rotatable bonds is 6. The van der Waals surface area contributed by atoms with Crippen LogP contribution in [0, 0.1) is 0 Å². The molecule has 1 fully saturated rings. The van der Waals surface area contributed by atoms with Gasteiger partial charge in [-0.25, -0.2) is 0 Å². The minimum absolute atomic E-state index is 0.00907. The molecule has 6 nitrogen and oxygen atoms in total. The molecule has 0 aromatic heterocycles. The molecule has 182 valence electrons. The Morgan fingerprint density at radius 2 is 1.85 bits per heavy atom. The fourth-order valence-electron chi connectivity index (χ4n) is 4.74. The first-order valence-electron chi connectivity index (χ1n) is 11.1. The Morgan fingerprint density at radius 1 is 1.12 bits per heavy atom. The molecule has 2 aromatic rings. The highest BCUT2D eigenvalue weighted by Gasteiger charge is 2.39. The van der Waals surface area contributed by atoms with Crippen LogP contribution in [-0.4, -0.2) is 43.9 Å². The third-order valence-corrected chi connectivity index (χ3v) is 6.04. The predicted molar refractivity (Wildman–Crippen MR) is 119 cm³/mol. The first kappa shape index (κ1) is 23.9. The number of halogens is 3. The Labute approximate surface area is 195 Å². The average molecular weight is 477 g/mol. The standard InChI is InChI=1S/C25H26F3NO5/c1-4-32-23-12-18-19-11-17(33-14(2)30)9-10-21(19)29-24(20(18)13-22(23)31-3)15-5-7-16(8-6-15)34-25(26,27)28/h5-8,12-13,17,19,21H,4,9-11H2,1-3H3. The van der Waals surface area contributed by atoms with Crippen LogP contribution in [0.1, 0.15) is 55.7 Å². The molecule has 1 aliphatic heterocycles. The van der Waals surface area contributed by atoms with E-state index in [1.807, 2.05) is 19.1 Å². The lowest BCUT2D eigenvalue weighted by Gasteiger charge is -2.38. The maximum atomic E-state index is 12.6. The van der Waals surface area contributed by atoms with Crippen LogP contribution in [0.4, 0.5) is 13.2 Å². The third kappa shape index (κ3) is 5.13. The molecule has 3 atom stereocenters. The van der Waals surface area contributed by atoms with Crippen molar-refractivity contribution in [3.8, 4) is 17.2 Å². The molecule has 2 aliphatic rings. The summed E-state index contributed by atoms with van der Waals surface area (Å²) < 4.78 is 58.5. The zero-order chi connectivity index (χ0) is 24.5. The van der Waals surface area contributed by atoms with E-state index in [1.165, 1.54) is 19.1 Å². The maximum Gasteiger partial charge on any atom is 0.573 e. The van der Waals surface area contributed by atoms with Gasteiger partial charge in [0, 0.05) is 24.0 Å². The molecular weight excluding hydrogens is 451 g/mol. The summed E-state index contributed by atoms with van der Waals surface area (Å²) in [6.07, 6.45) is -2.91. The monoisotopic (exact) mass is 477 g/mol. The van der Waals surface area contributed by atoms with E-state index in [9.17, 15) is 18.0 Å². The first-order chi connectivity index (χ1) is 16.2. The second-order valence-corrected chi connectivity index (χ2v) is 8.29. The van der Waals surface area contributed by atoms with E-state index >= 15 is 0 Å². The molecule has 0 amide bonds. The Kier molecular flexibility index (Phi) is 6.72. The number of hydrogen-bond donors (Lipinski definition) is 0. The second-order valence-electron chi connectivity index (χ2n) is 8.29. The van der Waals surface area contributed by atoms with Crippen molar-refractivity contribution >= 4 is 11.7 Å². The third-order valence-electron chi connectivity index (χ3n) is 6.04. The Hall–Kier alpha value is -3.23. The van der Waals surface area contributed by atoms with Crippen molar-refractivity contribution in [2.45, 2.75) is 57.5 Å². The van der Waals surface area contributed by atoms with Gasteiger partial charge in [-0.3, -0.25) is 9.79 Å². The number of fused-ring (bicyclic) bond motifs is 3. The van der Waals surface area contributed by atoms with Gasteiger partial charge < -0.3 is 18.9 Å². The van der Waals surface area contributed by atoms with Crippen LogP contribution < -0.4 is 14.2 Å². The lowest BCUT2D eigenvalue weighted by atomic mass is 9.74. The summed E-state index contributed by atoms with van der Waals surface area (Å²) in [6, 6.07) is 9.44. The van der Waals surface area contributed by atoms with Gasteiger partial charge in [0.25, 0.3) is 0 Å². The minimum Gasteiger partial charge on any atom is -0.493 e. The topological polar surface area (TPSA) is 66.3 Å². The van der Waals surface area contributed by atoms with Gasteiger partial charge in [0.05, 0.1) is 25.5 Å². The summed E-state index contributed by atoms with van der Waals surface area (Å²) in [4.78, 5) is 16.5. The zero-order valence-corrected chi connectivity index (χ0v) is 19.1. The smallest absolute Gasteiger partial charge is 0.493 e. The highest BCUT2D eigenvalue weighted by Crippen LogP contribution is 2.45. The molecule has 1 saturated carbocycles. The molecule has 0 radical (unpaired) electrons. The van der Waals surface area contributed by atoms with Gasteiger partial charge in [0.1, 0.15) is 11.9 Å². The fraction of sp³-hybridized carbons (Fsp3) is 0.440. The quantitative estimate of drug-likeness (QED) is 0.521. The Balaban J connectivity index is 1.76. The molecule has 1 heterocycles. The van der Waals surface area contributed by atoms with Gasteiger partial charge in [0.2, 0.25) is 0 Å². The van der Waals surface area contributed by atoms with Gasteiger partial charge in [-0.15, -0.1) is 13.2 Å². The summed E-state index contributed by atoms with van der Waals surface area (Å²) in [5.41, 5.74) is 3.14. The lowest BCUT2D eigenvalue weighted by Crippen LogP contribution is -2.36. The van der Waals surface area contributed by atoms with Gasteiger partial charge >= 0.3 is 12.3 Å². The van der Waals surface area contributed by atoms with E-state index in [1.54, 1.807) is 19.2 Å². The number of hydrogen-bond acceptors (Lipinski definition) is 6. The van der Waals surface area contributed by atoms with E-state index in [4.69, 9.17) is 19.2 Å². The number of alkyl halides is 3. The summed E-state index contributed by atoms with van der Waals surface area (Å²) >= 11 is 0. The van der Waals surface area contributed by atoms with Gasteiger partial charge in [-0.05, 0) is 68.1 Å².